The van der Waals surface area contributed by atoms with Crippen LogP contribution in [0.2, 0.25) is 0 Å². The fourth-order valence-corrected chi connectivity index (χ4v) is 3.62. The molecule has 7 nitrogen and oxygen atoms in total. The molecule has 0 unspecified atom stereocenters. The molecule has 0 radical (unpaired) electrons. The first kappa shape index (κ1) is 20.2. The predicted molar refractivity (Wildman–Crippen MR) is 109 cm³/mol. The minimum Gasteiger partial charge on any atom is -0.455 e. The first-order valence-corrected chi connectivity index (χ1v) is 9.68. The van der Waals surface area contributed by atoms with Gasteiger partial charge in [0.25, 0.3) is 11.6 Å². The maximum atomic E-state index is 12.4. The van der Waals surface area contributed by atoms with E-state index in [4.69, 9.17) is 4.74 Å². The molecule has 0 saturated heterocycles. The maximum absolute atomic E-state index is 12.4. The smallest absolute Gasteiger partial charge is 0.311 e. The van der Waals surface area contributed by atoms with E-state index in [-0.39, 0.29) is 23.7 Å². The Morgan fingerprint density at radius 2 is 1.76 bits per heavy atom. The van der Waals surface area contributed by atoms with Gasteiger partial charge in [0.2, 0.25) is 0 Å². The van der Waals surface area contributed by atoms with Crippen molar-refractivity contribution >= 4 is 28.9 Å². The molecule has 0 fully saturated rings. The number of ether oxygens (including phenoxy) is 1. The second kappa shape index (κ2) is 9.61. The number of carbonyl (C=O) groups excluding carboxylic acids is 2. The topological polar surface area (TPSA) is 98.5 Å². The first-order chi connectivity index (χ1) is 14.0. The van der Waals surface area contributed by atoms with E-state index < -0.39 is 23.4 Å². The Labute approximate surface area is 171 Å². The average molecular weight is 410 g/mol. The molecule has 0 saturated carbocycles. The molecule has 1 N–H and O–H groups in total. The summed E-state index contributed by atoms with van der Waals surface area (Å²) in [5, 5.41) is 15.8. The van der Waals surface area contributed by atoms with Gasteiger partial charge in [-0.15, -0.1) is 11.3 Å². The first-order valence-electron chi connectivity index (χ1n) is 8.80. The Bertz CT molecular complexity index is 989. The molecule has 0 aliphatic carbocycles. The van der Waals surface area contributed by atoms with Gasteiger partial charge in [-0.25, -0.2) is 0 Å². The van der Waals surface area contributed by atoms with Crippen LogP contribution in [0.4, 0.5) is 5.69 Å². The zero-order chi connectivity index (χ0) is 20.6. The van der Waals surface area contributed by atoms with Crippen LogP contribution in [-0.2, 0) is 20.7 Å². The monoisotopic (exact) mass is 410 g/mol. The van der Waals surface area contributed by atoms with Crippen molar-refractivity contribution in [3.63, 3.8) is 0 Å². The quantitative estimate of drug-likeness (QED) is 0.347. The Hall–Kier alpha value is -3.52. The van der Waals surface area contributed by atoms with Crippen LogP contribution in [0.5, 0.6) is 0 Å². The third kappa shape index (κ3) is 5.49. The number of benzene rings is 2. The fraction of sp³-hybridized carbons (Fsp3) is 0.143. The van der Waals surface area contributed by atoms with E-state index in [0.29, 0.717) is 0 Å². The number of nitrogens with zero attached hydrogens (tertiary/aromatic N) is 1. The van der Waals surface area contributed by atoms with Crippen molar-refractivity contribution in [2.75, 3.05) is 6.61 Å². The lowest BCUT2D eigenvalue weighted by Crippen LogP contribution is -2.33. The van der Waals surface area contributed by atoms with E-state index >= 15 is 0 Å². The van der Waals surface area contributed by atoms with Gasteiger partial charge in [-0.2, -0.15) is 0 Å². The van der Waals surface area contributed by atoms with Crippen molar-refractivity contribution in [1.82, 2.24) is 5.32 Å². The molecule has 1 amide bonds. The van der Waals surface area contributed by atoms with Crippen LogP contribution in [0.25, 0.3) is 0 Å². The van der Waals surface area contributed by atoms with Crippen LogP contribution in [0.3, 0.4) is 0 Å². The van der Waals surface area contributed by atoms with E-state index in [1.54, 1.807) is 6.07 Å². The van der Waals surface area contributed by atoms with Crippen molar-refractivity contribution in [2.45, 2.75) is 12.5 Å². The van der Waals surface area contributed by atoms with E-state index in [1.807, 2.05) is 47.8 Å². The summed E-state index contributed by atoms with van der Waals surface area (Å²) in [6, 6.07) is 18.9. The molecule has 2 aromatic carbocycles. The summed E-state index contributed by atoms with van der Waals surface area (Å²) in [5.41, 5.74) is 0.994. The summed E-state index contributed by atoms with van der Waals surface area (Å²) in [5.74, 6) is -1.16. The lowest BCUT2D eigenvalue weighted by atomic mass is 10.1. The minimum atomic E-state index is -0.707. The summed E-state index contributed by atoms with van der Waals surface area (Å²) < 4.78 is 5.03. The number of rotatable bonds is 8. The maximum Gasteiger partial charge on any atom is 0.311 e. The highest BCUT2D eigenvalue weighted by Crippen LogP contribution is 2.25. The molecular formula is C21H18N2O5S. The highest BCUT2D eigenvalue weighted by atomic mass is 32.1. The van der Waals surface area contributed by atoms with Crippen molar-refractivity contribution in [2.24, 2.45) is 0 Å². The predicted octanol–water partition coefficient (Wildman–Crippen LogP) is 3.65. The SMILES string of the molecule is O=C(COC(=O)Cc1ccccc1[N+](=O)[O-])N[C@H](c1ccccc1)c1cccs1. The van der Waals surface area contributed by atoms with Crippen LogP contribution >= 0.6 is 11.3 Å². The number of para-hydroxylation sites is 1. The lowest BCUT2D eigenvalue weighted by Gasteiger charge is -2.18. The number of nitro groups is 1. The van der Waals surface area contributed by atoms with E-state index in [0.717, 1.165) is 10.4 Å². The van der Waals surface area contributed by atoms with E-state index in [1.165, 1.54) is 29.5 Å². The van der Waals surface area contributed by atoms with Gasteiger partial charge in [0.1, 0.15) is 0 Å². The summed E-state index contributed by atoms with van der Waals surface area (Å²) >= 11 is 1.51. The van der Waals surface area contributed by atoms with Crippen molar-refractivity contribution in [3.8, 4) is 0 Å². The van der Waals surface area contributed by atoms with Crippen molar-refractivity contribution in [3.05, 3.63) is 98.2 Å². The largest absolute Gasteiger partial charge is 0.455 e. The number of nitrogens with one attached hydrogen (secondary N) is 1. The number of amides is 1. The summed E-state index contributed by atoms with van der Waals surface area (Å²) in [6.45, 7) is -0.464. The number of hydrogen-bond acceptors (Lipinski definition) is 6. The molecule has 29 heavy (non-hydrogen) atoms. The Morgan fingerprint density at radius 1 is 1.03 bits per heavy atom. The fourth-order valence-electron chi connectivity index (χ4n) is 2.81. The summed E-state index contributed by atoms with van der Waals surface area (Å²) in [4.78, 5) is 35.8. The molecular weight excluding hydrogens is 392 g/mol. The van der Waals surface area contributed by atoms with Crippen LogP contribution < -0.4 is 5.32 Å². The van der Waals surface area contributed by atoms with Gasteiger partial charge in [0.15, 0.2) is 6.61 Å². The number of esters is 1. The van der Waals surface area contributed by atoms with Gasteiger partial charge in [-0.1, -0.05) is 54.6 Å². The molecule has 3 rings (SSSR count). The summed E-state index contributed by atoms with van der Waals surface area (Å²) in [6.07, 6.45) is -0.280. The van der Waals surface area contributed by atoms with Gasteiger partial charge in [-0.05, 0) is 17.0 Å². The molecule has 1 aromatic heterocycles. The van der Waals surface area contributed by atoms with Gasteiger partial charge >= 0.3 is 5.97 Å². The second-order valence-electron chi connectivity index (χ2n) is 6.15. The molecule has 8 heteroatoms. The average Bonchev–Trinajstić information content (AvgIpc) is 3.26. The molecule has 1 heterocycles. The zero-order valence-electron chi connectivity index (χ0n) is 15.3. The molecule has 3 aromatic rings. The Morgan fingerprint density at radius 3 is 2.45 bits per heavy atom. The van der Waals surface area contributed by atoms with Gasteiger partial charge < -0.3 is 10.1 Å². The number of nitro benzene ring substituents is 1. The molecule has 1 atom stereocenters. The molecule has 0 bridgehead atoms. The van der Waals surface area contributed by atoms with Crippen LogP contribution in [0, 0.1) is 10.1 Å². The zero-order valence-corrected chi connectivity index (χ0v) is 16.1. The van der Waals surface area contributed by atoms with Crippen LogP contribution in [0.15, 0.2) is 72.1 Å². The normalized spacial score (nSPS) is 11.4. The second-order valence-corrected chi connectivity index (χ2v) is 7.13. The third-order valence-electron chi connectivity index (χ3n) is 4.15. The Balaban J connectivity index is 1.60. The van der Waals surface area contributed by atoms with E-state index in [2.05, 4.69) is 5.32 Å². The standard InChI is InChI=1S/C21H18N2O5S/c24-19(14-28-20(25)13-16-9-4-5-10-17(16)23(26)27)22-21(18-11-6-12-29-18)15-7-2-1-3-8-15/h1-12,21H,13-14H2,(H,22,24)/t21-/m1/s1. The highest BCUT2D eigenvalue weighted by Gasteiger charge is 2.20. The minimum absolute atomic E-state index is 0.157. The molecule has 0 aliphatic heterocycles. The summed E-state index contributed by atoms with van der Waals surface area (Å²) in [7, 11) is 0. The van der Waals surface area contributed by atoms with Gasteiger partial charge in [-0.3, -0.25) is 19.7 Å². The third-order valence-corrected chi connectivity index (χ3v) is 5.09. The highest BCUT2D eigenvalue weighted by molar-refractivity contribution is 7.10. The van der Waals surface area contributed by atoms with Crippen molar-refractivity contribution < 1.29 is 19.2 Å². The lowest BCUT2D eigenvalue weighted by molar-refractivity contribution is -0.385. The van der Waals surface area contributed by atoms with E-state index in [9.17, 15) is 19.7 Å². The number of carbonyl (C=O) groups is 2. The van der Waals surface area contributed by atoms with Gasteiger partial charge in [0, 0.05) is 16.5 Å². The number of thiophene rings is 1. The molecule has 0 spiro atoms. The van der Waals surface area contributed by atoms with Crippen molar-refractivity contribution in [1.29, 1.82) is 0 Å². The van der Waals surface area contributed by atoms with Gasteiger partial charge in [0.05, 0.1) is 17.4 Å². The molecule has 148 valence electrons. The molecule has 0 aliphatic rings. The van der Waals surface area contributed by atoms with Crippen LogP contribution in [-0.4, -0.2) is 23.4 Å². The van der Waals surface area contributed by atoms with Crippen LogP contribution in [0.1, 0.15) is 22.0 Å². The number of hydrogen-bond donors (Lipinski definition) is 1. The Kier molecular flexibility index (Phi) is 6.70.